The van der Waals surface area contributed by atoms with Crippen LogP contribution in [0.25, 0.3) is 10.8 Å². The smallest absolute Gasteiger partial charge is 0.208 e. The Morgan fingerprint density at radius 1 is 1.00 bits per heavy atom. The summed E-state index contributed by atoms with van der Waals surface area (Å²) in [6.07, 6.45) is 0. The van der Waals surface area contributed by atoms with Crippen LogP contribution in [-0.2, 0) is 10.0 Å². The number of hydrogen-bond acceptors (Lipinski definition) is 2. The molecule has 3 nitrogen and oxygen atoms in total. The Morgan fingerprint density at radius 3 is 2.20 bits per heavy atom. The molecule has 2 rings (SSSR count). The number of sulfonamides is 1. The second-order valence-electron chi connectivity index (χ2n) is 6.22. The van der Waals surface area contributed by atoms with Crippen LogP contribution < -0.4 is 4.72 Å². The third-order valence-corrected chi connectivity index (χ3v) is 5.20. The van der Waals surface area contributed by atoms with Gasteiger partial charge in [0.2, 0.25) is 10.0 Å². The monoisotopic (exact) mass is 291 g/mol. The highest BCUT2D eigenvalue weighted by Crippen LogP contribution is 2.23. The number of nitrogens with one attached hydrogen (secondary N) is 1. The molecular formula is C16H21NO2S. The van der Waals surface area contributed by atoms with Crippen LogP contribution in [0.3, 0.4) is 0 Å². The van der Waals surface area contributed by atoms with Crippen LogP contribution in [0.4, 0.5) is 0 Å². The lowest BCUT2D eigenvalue weighted by molar-refractivity contribution is 0.317. The molecule has 108 valence electrons. The van der Waals surface area contributed by atoms with Gasteiger partial charge >= 0.3 is 0 Å². The highest BCUT2D eigenvalue weighted by Gasteiger charge is 2.25. The molecule has 0 bridgehead atoms. The van der Waals surface area contributed by atoms with Crippen LogP contribution in [0.1, 0.15) is 27.7 Å². The van der Waals surface area contributed by atoms with Gasteiger partial charge in [-0.15, -0.1) is 0 Å². The minimum Gasteiger partial charge on any atom is -0.208 e. The van der Waals surface area contributed by atoms with Crippen molar-refractivity contribution in [1.82, 2.24) is 4.72 Å². The van der Waals surface area contributed by atoms with Gasteiger partial charge in [-0.2, -0.15) is 0 Å². The molecule has 1 N–H and O–H groups in total. The van der Waals surface area contributed by atoms with E-state index < -0.39 is 10.0 Å². The highest BCUT2D eigenvalue weighted by atomic mass is 32.2. The molecule has 0 aliphatic heterocycles. The van der Waals surface area contributed by atoms with Gasteiger partial charge in [0.1, 0.15) is 0 Å². The third kappa shape index (κ3) is 3.19. The van der Waals surface area contributed by atoms with Gasteiger partial charge in [0.25, 0.3) is 0 Å². The molecule has 20 heavy (non-hydrogen) atoms. The fourth-order valence-electron chi connectivity index (χ4n) is 1.81. The van der Waals surface area contributed by atoms with Crippen molar-refractivity contribution >= 4 is 20.8 Å². The van der Waals surface area contributed by atoms with E-state index in [1.807, 2.05) is 58.0 Å². The zero-order chi connectivity index (χ0) is 15.0. The Kier molecular flexibility index (Phi) is 3.89. The first-order valence-corrected chi connectivity index (χ1v) is 8.19. The fraction of sp³-hybridized carbons (Fsp3) is 0.375. The Balaban J connectivity index is 2.37. The minimum absolute atomic E-state index is 0.121. The molecule has 2 aromatic carbocycles. The first-order valence-electron chi connectivity index (χ1n) is 6.71. The van der Waals surface area contributed by atoms with Crippen molar-refractivity contribution < 1.29 is 8.42 Å². The first-order chi connectivity index (χ1) is 9.20. The molecule has 0 aromatic heterocycles. The van der Waals surface area contributed by atoms with Crippen LogP contribution in [0.5, 0.6) is 0 Å². The van der Waals surface area contributed by atoms with Crippen molar-refractivity contribution in [2.45, 2.75) is 38.6 Å². The fourth-order valence-corrected chi connectivity index (χ4v) is 3.30. The summed E-state index contributed by atoms with van der Waals surface area (Å²) in [6.45, 7) is 7.93. The van der Waals surface area contributed by atoms with Crippen molar-refractivity contribution in [2.24, 2.45) is 5.41 Å². The average molecular weight is 291 g/mol. The second kappa shape index (κ2) is 5.19. The van der Waals surface area contributed by atoms with E-state index in [9.17, 15) is 8.42 Å². The molecule has 0 saturated carbocycles. The average Bonchev–Trinajstić information content (AvgIpc) is 2.36. The predicted molar refractivity (Wildman–Crippen MR) is 83.2 cm³/mol. The van der Waals surface area contributed by atoms with E-state index in [1.165, 1.54) is 0 Å². The van der Waals surface area contributed by atoms with Gasteiger partial charge in [-0.3, -0.25) is 0 Å². The maximum absolute atomic E-state index is 12.4. The Labute approximate surface area is 121 Å². The largest absolute Gasteiger partial charge is 0.240 e. The zero-order valence-electron chi connectivity index (χ0n) is 12.3. The van der Waals surface area contributed by atoms with Gasteiger partial charge < -0.3 is 0 Å². The maximum Gasteiger partial charge on any atom is 0.240 e. The summed E-state index contributed by atoms with van der Waals surface area (Å²) in [5.74, 6) is 0. The summed E-state index contributed by atoms with van der Waals surface area (Å²) in [5, 5.41) is 1.97. The Hall–Kier alpha value is -1.39. The number of hydrogen-bond donors (Lipinski definition) is 1. The molecule has 0 radical (unpaired) electrons. The van der Waals surface area contributed by atoms with E-state index in [0.717, 1.165) is 10.8 Å². The lowest BCUT2D eigenvalue weighted by atomic mass is 9.89. The molecule has 1 unspecified atom stereocenters. The third-order valence-electron chi connectivity index (χ3n) is 3.66. The molecule has 0 heterocycles. The van der Waals surface area contributed by atoms with Crippen LogP contribution in [0.2, 0.25) is 0 Å². The van der Waals surface area contributed by atoms with Crippen LogP contribution in [-0.4, -0.2) is 14.5 Å². The minimum atomic E-state index is -3.48. The van der Waals surface area contributed by atoms with E-state index in [4.69, 9.17) is 0 Å². The normalized spacial score (nSPS) is 14.4. The molecule has 0 aliphatic carbocycles. The molecule has 0 fully saturated rings. The van der Waals surface area contributed by atoms with Gasteiger partial charge in [-0.1, -0.05) is 51.1 Å². The summed E-state index contributed by atoms with van der Waals surface area (Å²) < 4.78 is 27.6. The van der Waals surface area contributed by atoms with Gasteiger partial charge in [-0.25, -0.2) is 13.1 Å². The van der Waals surface area contributed by atoms with Gasteiger partial charge in [-0.05, 0) is 35.2 Å². The maximum atomic E-state index is 12.4. The molecule has 0 spiro atoms. The van der Waals surface area contributed by atoms with Crippen molar-refractivity contribution in [3.8, 4) is 0 Å². The number of benzene rings is 2. The SMILES string of the molecule is CC(NS(=O)(=O)c1ccc2ccccc2c1)C(C)(C)C. The topological polar surface area (TPSA) is 46.2 Å². The number of fused-ring (bicyclic) bond motifs is 1. The van der Waals surface area contributed by atoms with Gasteiger partial charge in [0.05, 0.1) is 4.90 Å². The summed E-state index contributed by atoms with van der Waals surface area (Å²) in [7, 11) is -3.48. The molecule has 0 saturated heterocycles. The van der Waals surface area contributed by atoms with Crippen LogP contribution >= 0.6 is 0 Å². The van der Waals surface area contributed by atoms with E-state index >= 15 is 0 Å². The van der Waals surface area contributed by atoms with Crippen molar-refractivity contribution in [2.75, 3.05) is 0 Å². The van der Waals surface area contributed by atoms with E-state index in [1.54, 1.807) is 12.1 Å². The van der Waals surface area contributed by atoms with E-state index in [-0.39, 0.29) is 11.5 Å². The zero-order valence-corrected chi connectivity index (χ0v) is 13.2. The lowest BCUT2D eigenvalue weighted by Crippen LogP contribution is -2.41. The van der Waals surface area contributed by atoms with Crippen LogP contribution in [0.15, 0.2) is 47.4 Å². The molecule has 2 aromatic rings. The standard InChI is InChI=1S/C16H21NO2S/c1-12(16(2,3)4)17-20(18,19)15-10-9-13-7-5-6-8-14(13)11-15/h5-12,17H,1-4H3. The summed E-state index contributed by atoms with van der Waals surface area (Å²) >= 11 is 0. The predicted octanol–water partition coefficient (Wildman–Crippen LogP) is 3.55. The first kappa shape index (κ1) is 15.0. The van der Waals surface area contributed by atoms with E-state index in [2.05, 4.69) is 4.72 Å². The summed E-state index contributed by atoms with van der Waals surface area (Å²) in [4.78, 5) is 0.312. The number of rotatable bonds is 3. The summed E-state index contributed by atoms with van der Waals surface area (Å²) in [5.41, 5.74) is -0.121. The highest BCUT2D eigenvalue weighted by molar-refractivity contribution is 7.89. The second-order valence-corrected chi connectivity index (χ2v) is 7.93. The van der Waals surface area contributed by atoms with Gasteiger partial charge in [0, 0.05) is 6.04 Å². The molecule has 4 heteroatoms. The van der Waals surface area contributed by atoms with Crippen molar-refractivity contribution in [1.29, 1.82) is 0 Å². The quantitative estimate of drug-likeness (QED) is 0.940. The van der Waals surface area contributed by atoms with Gasteiger partial charge in [0.15, 0.2) is 0 Å². The lowest BCUT2D eigenvalue weighted by Gasteiger charge is -2.27. The summed E-state index contributed by atoms with van der Waals surface area (Å²) in [6, 6.07) is 12.8. The van der Waals surface area contributed by atoms with Crippen molar-refractivity contribution in [3.05, 3.63) is 42.5 Å². The molecule has 0 aliphatic rings. The Bertz CT molecular complexity index is 715. The Morgan fingerprint density at radius 2 is 1.60 bits per heavy atom. The van der Waals surface area contributed by atoms with Crippen LogP contribution in [0, 0.1) is 5.41 Å². The molecular weight excluding hydrogens is 270 g/mol. The van der Waals surface area contributed by atoms with Crippen molar-refractivity contribution in [3.63, 3.8) is 0 Å². The van der Waals surface area contributed by atoms with E-state index in [0.29, 0.717) is 4.90 Å². The molecule has 0 amide bonds. The molecule has 1 atom stereocenters.